The standard InChI is InChI=1S/C46H42N8/c1-27-3-20-36(51)43(29-6-14-33(48)15-7-29)38-23-24-41(53-38)45(31-10-18-35(50)19-11-31)46(2)26-25-40(54-46)44(30-8-16-34(49)17-9-30)39-22-21-37(52-39)42(27)28-4-12-32(47)13-5-28/h3-26,51-54H,47-50H2,1-2H3/b20-3?,42-27?,43-38?,44-40-,45-41-,51-36?. The largest absolute Gasteiger partial charge is 0.399 e. The maximum absolute atomic E-state index is 9.52. The lowest BCUT2D eigenvalue weighted by atomic mass is 9.87. The molecular formula is C46H42N8. The van der Waals surface area contributed by atoms with Gasteiger partial charge in [0.15, 0.2) is 0 Å². The second-order valence-electron chi connectivity index (χ2n) is 14.1. The van der Waals surface area contributed by atoms with Crippen molar-refractivity contribution >= 4 is 50.8 Å². The summed E-state index contributed by atoms with van der Waals surface area (Å²) in [5.74, 6) is 0. The van der Waals surface area contributed by atoms with Crippen molar-refractivity contribution in [3.05, 3.63) is 201 Å². The predicted molar refractivity (Wildman–Crippen MR) is 225 cm³/mol. The SMILES string of the molecule is CC1=C(c2ccc(N)cc2)c2ccc([nH]2)/C(c2ccc(N)cc2)=C2/C=CC(C)(N2)/C(c2ccc(N)cc2)=c2/ccc([nH]2)=C(c2ccc(N)cc2)C(=N)C=C1. The van der Waals surface area contributed by atoms with Crippen LogP contribution < -0.4 is 38.9 Å². The number of hydrogen-bond acceptors (Lipinski definition) is 6. The Morgan fingerprint density at radius 1 is 0.481 bits per heavy atom. The molecule has 54 heavy (non-hydrogen) atoms. The fraction of sp³-hybridized carbons (Fsp3) is 0.0652. The molecule has 0 amide bonds. The van der Waals surface area contributed by atoms with Gasteiger partial charge in [-0.15, -0.1) is 0 Å². The van der Waals surface area contributed by atoms with Gasteiger partial charge in [0.2, 0.25) is 0 Å². The molecule has 4 heterocycles. The number of nitrogens with two attached hydrogens (primary N) is 4. The summed E-state index contributed by atoms with van der Waals surface area (Å²) in [6.07, 6.45) is 8.23. The molecule has 1 unspecified atom stereocenters. The Balaban J connectivity index is 1.46. The zero-order valence-electron chi connectivity index (χ0n) is 30.2. The van der Waals surface area contributed by atoms with Crippen LogP contribution in [0, 0.1) is 5.41 Å². The van der Waals surface area contributed by atoms with E-state index in [2.05, 4.69) is 83.7 Å². The first kappa shape index (κ1) is 33.9. The number of benzene rings is 4. The van der Waals surface area contributed by atoms with E-state index in [1.165, 1.54) is 0 Å². The van der Waals surface area contributed by atoms with Crippen molar-refractivity contribution in [1.82, 2.24) is 15.3 Å². The summed E-state index contributed by atoms with van der Waals surface area (Å²) in [4.78, 5) is 7.50. The molecular weight excluding hydrogens is 665 g/mol. The molecule has 0 saturated heterocycles. The van der Waals surface area contributed by atoms with Crippen LogP contribution in [-0.2, 0) is 0 Å². The second kappa shape index (κ2) is 13.4. The van der Waals surface area contributed by atoms with Crippen LogP contribution in [0.25, 0.3) is 22.3 Å². The smallest absolute Gasteiger partial charge is 0.0811 e. The highest BCUT2D eigenvalue weighted by atomic mass is 15.0. The summed E-state index contributed by atoms with van der Waals surface area (Å²) in [7, 11) is 0. The Bertz CT molecular complexity index is 2660. The molecule has 2 aromatic heterocycles. The van der Waals surface area contributed by atoms with Crippen LogP contribution in [0.2, 0.25) is 0 Å². The first-order valence-electron chi connectivity index (χ1n) is 17.8. The molecule has 0 saturated carbocycles. The molecule has 6 aromatic rings. The van der Waals surface area contributed by atoms with E-state index in [4.69, 9.17) is 22.9 Å². The van der Waals surface area contributed by atoms with Crippen LogP contribution in [-0.4, -0.2) is 21.2 Å². The van der Waals surface area contributed by atoms with E-state index in [9.17, 15) is 5.41 Å². The molecule has 4 aromatic carbocycles. The molecule has 8 nitrogen and oxygen atoms in total. The van der Waals surface area contributed by atoms with Crippen molar-refractivity contribution in [3.8, 4) is 0 Å². The number of nitrogen functional groups attached to an aromatic ring is 4. The molecule has 0 aliphatic carbocycles. The minimum absolute atomic E-state index is 0.342. The third kappa shape index (κ3) is 6.30. The molecule has 0 radical (unpaired) electrons. The van der Waals surface area contributed by atoms with E-state index < -0.39 is 5.54 Å². The summed E-state index contributed by atoms with van der Waals surface area (Å²) in [5.41, 5.74) is 38.5. The van der Waals surface area contributed by atoms with Crippen molar-refractivity contribution in [3.63, 3.8) is 0 Å². The van der Waals surface area contributed by atoms with Crippen LogP contribution in [0.15, 0.2) is 157 Å². The van der Waals surface area contributed by atoms with E-state index in [1.54, 1.807) is 0 Å². The maximum atomic E-state index is 9.52. The Hall–Kier alpha value is -7.19. The normalized spacial score (nSPS) is 19.6. The molecule has 2 aliphatic rings. The van der Waals surface area contributed by atoms with Crippen molar-refractivity contribution in [2.45, 2.75) is 19.4 Å². The van der Waals surface area contributed by atoms with Crippen molar-refractivity contribution in [2.75, 3.05) is 22.9 Å². The number of aromatic amines is 2. The highest BCUT2D eigenvalue weighted by molar-refractivity contribution is 6.27. The predicted octanol–water partition coefficient (Wildman–Crippen LogP) is 6.86. The Kier molecular flexibility index (Phi) is 8.43. The van der Waals surface area contributed by atoms with Crippen molar-refractivity contribution < 1.29 is 0 Å². The summed E-state index contributed by atoms with van der Waals surface area (Å²) < 4.78 is 0. The zero-order valence-corrected chi connectivity index (χ0v) is 30.2. The Morgan fingerprint density at radius 3 is 1.50 bits per heavy atom. The van der Waals surface area contributed by atoms with Crippen LogP contribution in [0.1, 0.15) is 47.5 Å². The summed E-state index contributed by atoms with van der Waals surface area (Å²) >= 11 is 0. The van der Waals surface area contributed by atoms with Crippen LogP contribution >= 0.6 is 0 Å². The lowest BCUT2D eigenvalue weighted by molar-refractivity contribution is 0.643. The van der Waals surface area contributed by atoms with E-state index in [1.807, 2.05) is 91.0 Å². The molecule has 6 bridgehead atoms. The topological polar surface area (TPSA) is 172 Å². The monoisotopic (exact) mass is 706 g/mol. The molecule has 266 valence electrons. The number of nitrogens with one attached hydrogen (secondary N) is 4. The number of H-pyrrole nitrogens is 2. The molecule has 1 atom stereocenters. The fourth-order valence-electron chi connectivity index (χ4n) is 7.50. The van der Waals surface area contributed by atoms with Gasteiger partial charge in [-0.1, -0.05) is 60.7 Å². The lowest BCUT2D eigenvalue weighted by Crippen LogP contribution is -2.41. The van der Waals surface area contributed by atoms with Gasteiger partial charge >= 0.3 is 0 Å². The molecule has 0 spiro atoms. The summed E-state index contributed by atoms with van der Waals surface area (Å²) in [5, 5.41) is 15.2. The number of allylic oxidation sites excluding steroid dienone is 4. The van der Waals surface area contributed by atoms with E-state index in [-0.39, 0.29) is 0 Å². The molecule has 8 rings (SSSR count). The van der Waals surface area contributed by atoms with Gasteiger partial charge in [-0.3, -0.25) is 0 Å². The van der Waals surface area contributed by atoms with E-state index >= 15 is 0 Å². The quantitative estimate of drug-likeness (QED) is 0.0935. The van der Waals surface area contributed by atoms with Gasteiger partial charge in [-0.2, -0.15) is 0 Å². The number of aromatic nitrogens is 2. The third-order valence-corrected chi connectivity index (χ3v) is 10.2. The average molecular weight is 707 g/mol. The van der Waals surface area contributed by atoms with Crippen LogP contribution in [0.4, 0.5) is 22.7 Å². The number of rotatable bonds is 4. The first-order valence-corrected chi connectivity index (χ1v) is 17.8. The van der Waals surface area contributed by atoms with E-state index in [0.29, 0.717) is 28.5 Å². The van der Waals surface area contributed by atoms with E-state index in [0.717, 1.165) is 77.9 Å². The highest BCUT2D eigenvalue weighted by Crippen LogP contribution is 2.38. The minimum atomic E-state index is -0.656. The molecule has 12 N–H and O–H groups in total. The van der Waals surface area contributed by atoms with Crippen molar-refractivity contribution in [1.29, 1.82) is 5.41 Å². The van der Waals surface area contributed by atoms with Gasteiger partial charge in [0.1, 0.15) is 0 Å². The fourth-order valence-corrected chi connectivity index (χ4v) is 7.50. The summed E-state index contributed by atoms with van der Waals surface area (Å²) in [6, 6.07) is 39.8. The van der Waals surface area contributed by atoms with Gasteiger partial charge in [-0.25, -0.2) is 0 Å². The number of fused-ring (bicyclic) bond motifs is 6. The van der Waals surface area contributed by atoms with Gasteiger partial charge in [0, 0.05) is 72.8 Å². The van der Waals surface area contributed by atoms with Crippen LogP contribution in [0.5, 0.6) is 0 Å². The lowest BCUT2D eigenvalue weighted by Gasteiger charge is -2.29. The van der Waals surface area contributed by atoms with Crippen molar-refractivity contribution in [2.24, 2.45) is 0 Å². The highest BCUT2D eigenvalue weighted by Gasteiger charge is 2.34. The van der Waals surface area contributed by atoms with Gasteiger partial charge in [0.25, 0.3) is 0 Å². The molecule has 8 heteroatoms. The maximum Gasteiger partial charge on any atom is 0.0811 e. The Morgan fingerprint density at radius 2 is 0.944 bits per heavy atom. The number of anilines is 4. The first-order chi connectivity index (χ1) is 26.1. The minimum Gasteiger partial charge on any atom is -0.399 e. The average Bonchev–Trinajstić information content (AvgIpc) is 3.93. The summed E-state index contributed by atoms with van der Waals surface area (Å²) in [6.45, 7) is 4.25. The molecule has 2 aliphatic heterocycles. The molecule has 0 fully saturated rings. The second-order valence-corrected chi connectivity index (χ2v) is 14.1. The van der Waals surface area contributed by atoms with Crippen LogP contribution in [0.3, 0.4) is 0 Å². The third-order valence-electron chi connectivity index (χ3n) is 10.2. The Labute approximate surface area is 314 Å². The zero-order chi connectivity index (χ0) is 37.6. The van der Waals surface area contributed by atoms with Gasteiger partial charge in [0.05, 0.1) is 11.3 Å². The van der Waals surface area contributed by atoms with Gasteiger partial charge < -0.3 is 43.6 Å². The van der Waals surface area contributed by atoms with Gasteiger partial charge in [-0.05, 0) is 127 Å². The number of hydrogen-bond donors (Lipinski definition) is 8.